The highest BCUT2D eigenvalue weighted by Crippen LogP contribution is 2.33. The van der Waals surface area contributed by atoms with Crippen LogP contribution in [0.5, 0.6) is 0 Å². The average molecular weight is 406 g/mol. The van der Waals surface area contributed by atoms with Crippen molar-refractivity contribution < 1.29 is 22.8 Å². The van der Waals surface area contributed by atoms with Gasteiger partial charge in [0.15, 0.2) is 5.78 Å². The van der Waals surface area contributed by atoms with Crippen LogP contribution in [-0.2, 0) is 12.7 Å². The van der Waals surface area contributed by atoms with E-state index in [1.807, 2.05) is 0 Å². The molecule has 0 bridgehead atoms. The molecule has 6 nitrogen and oxygen atoms in total. The summed E-state index contributed by atoms with van der Waals surface area (Å²) in [5, 5.41) is 4.03. The number of halogens is 3. The van der Waals surface area contributed by atoms with Crippen LogP contribution in [-0.4, -0.2) is 57.6 Å². The van der Waals surface area contributed by atoms with Crippen molar-refractivity contribution in [1.29, 1.82) is 0 Å². The first-order chi connectivity index (χ1) is 13.7. The molecule has 2 unspecified atom stereocenters. The van der Waals surface area contributed by atoms with Gasteiger partial charge in [-0.1, -0.05) is 12.1 Å². The first-order valence-corrected chi connectivity index (χ1v) is 9.45. The number of aromatic nitrogens is 2. The molecule has 0 radical (unpaired) electrons. The van der Waals surface area contributed by atoms with Crippen molar-refractivity contribution in [3.05, 3.63) is 53.3 Å². The molecule has 2 atom stereocenters. The molecule has 2 saturated heterocycles. The maximum Gasteiger partial charge on any atom is 0.416 e. The zero-order valence-electron chi connectivity index (χ0n) is 15.9. The third-order valence-corrected chi connectivity index (χ3v) is 5.67. The van der Waals surface area contributed by atoms with E-state index in [4.69, 9.17) is 0 Å². The normalized spacial score (nSPS) is 22.1. The van der Waals surface area contributed by atoms with E-state index in [0.717, 1.165) is 30.8 Å². The third-order valence-electron chi connectivity index (χ3n) is 5.67. The van der Waals surface area contributed by atoms with Gasteiger partial charge in [0, 0.05) is 45.8 Å². The summed E-state index contributed by atoms with van der Waals surface area (Å²) >= 11 is 0. The molecule has 2 aromatic rings. The summed E-state index contributed by atoms with van der Waals surface area (Å²) in [4.78, 5) is 27.9. The van der Waals surface area contributed by atoms with E-state index in [0.29, 0.717) is 31.5 Å². The molecule has 154 valence electrons. The summed E-state index contributed by atoms with van der Waals surface area (Å²) in [5.41, 5.74) is 0.472. The van der Waals surface area contributed by atoms with Crippen molar-refractivity contribution >= 4 is 11.8 Å². The summed E-state index contributed by atoms with van der Waals surface area (Å²) in [6, 6.07) is 6.58. The largest absolute Gasteiger partial charge is 0.416 e. The maximum absolute atomic E-state index is 12.7. The number of amides is 1. The number of fused-ring (bicyclic) bond motifs is 1. The minimum atomic E-state index is -4.32. The van der Waals surface area contributed by atoms with Crippen LogP contribution in [0.2, 0.25) is 0 Å². The van der Waals surface area contributed by atoms with E-state index in [-0.39, 0.29) is 17.5 Å². The van der Waals surface area contributed by atoms with Crippen molar-refractivity contribution in [3.63, 3.8) is 0 Å². The Labute approximate surface area is 165 Å². The zero-order chi connectivity index (χ0) is 20.8. The van der Waals surface area contributed by atoms with E-state index >= 15 is 0 Å². The lowest BCUT2D eigenvalue weighted by atomic mass is 10.0. The fourth-order valence-corrected chi connectivity index (χ4v) is 4.20. The summed E-state index contributed by atoms with van der Waals surface area (Å²) < 4.78 is 39.2. The Morgan fingerprint density at radius 1 is 1.03 bits per heavy atom. The van der Waals surface area contributed by atoms with Crippen LogP contribution in [0.4, 0.5) is 18.0 Å². The van der Waals surface area contributed by atoms with Crippen molar-refractivity contribution in [2.45, 2.75) is 19.6 Å². The monoisotopic (exact) mass is 406 g/mol. The number of hydrogen-bond donors (Lipinski definition) is 0. The van der Waals surface area contributed by atoms with Crippen LogP contribution < -0.4 is 0 Å². The predicted molar refractivity (Wildman–Crippen MR) is 98.3 cm³/mol. The predicted octanol–water partition coefficient (Wildman–Crippen LogP) is 3.14. The van der Waals surface area contributed by atoms with Gasteiger partial charge in [0.1, 0.15) is 5.69 Å². The Morgan fingerprint density at radius 2 is 1.66 bits per heavy atom. The Hall–Kier alpha value is -2.68. The number of rotatable bonds is 3. The van der Waals surface area contributed by atoms with Gasteiger partial charge in [-0.2, -0.15) is 23.0 Å². The zero-order valence-corrected chi connectivity index (χ0v) is 15.9. The van der Waals surface area contributed by atoms with Gasteiger partial charge in [-0.3, -0.25) is 9.69 Å². The fraction of sp³-hybridized carbons (Fsp3) is 0.450. The highest BCUT2D eigenvalue weighted by Gasteiger charge is 2.42. The molecule has 0 saturated carbocycles. The van der Waals surface area contributed by atoms with Crippen LogP contribution in [0.3, 0.4) is 0 Å². The van der Waals surface area contributed by atoms with Gasteiger partial charge in [0.05, 0.1) is 5.56 Å². The smallest absolute Gasteiger partial charge is 0.322 e. The van der Waals surface area contributed by atoms with Crippen LogP contribution >= 0.6 is 0 Å². The molecule has 1 aromatic carbocycles. The molecule has 0 spiro atoms. The number of nitrogens with zero attached hydrogens (tertiary/aromatic N) is 4. The number of benzene rings is 1. The van der Waals surface area contributed by atoms with Crippen molar-refractivity contribution in [2.24, 2.45) is 11.8 Å². The van der Waals surface area contributed by atoms with Crippen molar-refractivity contribution in [3.8, 4) is 0 Å². The fourth-order valence-electron chi connectivity index (χ4n) is 4.20. The lowest BCUT2D eigenvalue weighted by Gasteiger charge is -2.21. The first kappa shape index (κ1) is 19.6. The van der Waals surface area contributed by atoms with Crippen molar-refractivity contribution in [2.75, 3.05) is 26.2 Å². The molecule has 1 aromatic heterocycles. The number of carbonyl (C=O) groups excluding carboxylic acids is 2. The summed E-state index contributed by atoms with van der Waals surface area (Å²) in [6.07, 6.45) is -2.82. The molecule has 1 amide bonds. The Balaban J connectivity index is 1.32. The first-order valence-electron chi connectivity index (χ1n) is 9.45. The van der Waals surface area contributed by atoms with E-state index < -0.39 is 11.7 Å². The summed E-state index contributed by atoms with van der Waals surface area (Å²) in [7, 11) is 0. The highest BCUT2D eigenvalue weighted by molar-refractivity contribution is 5.92. The maximum atomic E-state index is 12.7. The average Bonchev–Trinajstić information content (AvgIpc) is 3.35. The SMILES string of the molecule is CC(=O)c1ccn(C(=O)N2CC3CN(Cc4ccc(C(F)(F)F)cc4)CC3C2)n1. The number of likely N-dealkylation sites (tertiary alicyclic amines) is 2. The summed E-state index contributed by atoms with van der Waals surface area (Å²) in [6.45, 7) is 4.83. The van der Waals surface area contributed by atoms with E-state index in [2.05, 4.69) is 10.00 Å². The van der Waals surface area contributed by atoms with Gasteiger partial charge in [-0.05, 0) is 35.6 Å². The van der Waals surface area contributed by atoms with Crippen LogP contribution in [0.25, 0.3) is 0 Å². The molecule has 2 aliphatic rings. The number of Topliss-reactive ketones (excluding diaryl/α,β-unsaturated/α-hetero) is 1. The Morgan fingerprint density at radius 3 is 2.17 bits per heavy atom. The molecule has 29 heavy (non-hydrogen) atoms. The second-order valence-corrected chi connectivity index (χ2v) is 7.80. The van der Waals surface area contributed by atoms with Crippen molar-refractivity contribution in [1.82, 2.24) is 19.6 Å². The molecule has 0 N–H and O–H groups in total. The van der Waals surface area contributed by atoms with Gasteiger partial charge in [0.25, 0.3) is 0 Å². The number of ketones is 1. The number of carbonyl (C=O) groups is 2. The highest BCUT2D eigenvalue weighted by atomic mass is 19.4. The number of alkyl halides is 3. The molecule has 4 rings (SSSR count). The Kier molecular flexibility index (Phi) is 4.94. The minimum absolute atomic E-state index is 0.186. The number of hydrogen-bond acceptors (Lipinski definition) is 4. The van der Waals surface area contributed by atoms with E-state index in [1.54, 1.807) is 4.90 Å². The van der Waals surface area contributed by atoms with Gasteiger partial charge in [-0.15, -0.1) is 0 Å². The topological polar surface area (TPSA) is 58.4 Å². The van der Waals surface area contributed by atoms with E-state index in [1.165, 1.54) is 36.0 Å². The molecule has 0 aliphatic carbocycles. The van der Waals surface area contributed by atoms with Crippen LogP contribution in [0.15, 0.2) is 36.5 Å². The standard InChI is InChI=1S/C20H21F3N4O2/c1-13(28)18-6-7-27(24-18)19(29)26-11-15-9-25(10-16(15)12-26)8-14-2-4-17(5-3-14)20(21,22)23/h2-7,15-16H,8-12H2,1H3. The molecule has 2 fully saturated rings. The van der Waals surface area contributed by atoms with E-state index in [9.17, 15) is 22.8 Å². The molecular formula is C20H21F3N4O2. The minimum Gasteiger partial charge on any atom is -0.322 e. The second-order valence-electron chi connectivity index (χ2n) is 7.80. The molecule has 9 heteroatoms. The second kappa shape index (κ2) is 7.29. The lowest BCUT2D eigenvalue weighted by Crippen LogP contribution is -2.36. The van der Waals surface area contributed by atoms with Crippen LogP contribution in [0.1, 0.15) is 28.5 Å². The molecular weight excluding hydrogens is 385 g/mol. The van der Waals surface area contributed by atoms with Gasteiger partial charge >= 0.3 is 12.2 Å². The van der Waals surface area contributed by atoms with Gasteiger partial charge < -0.3 is 4.90 Å². The molecule has 2 aliphatic heterocycles. The van der Waals surface area contributed by atoms with Gasteiger partial charge in [0.2, 0.25) is 0 Å². The third kappa shape index (κ3) is 4.05. The lowest BCUT2D eigenvalue weighted by molar-refractivity contribution is -0.137. The Bertz CT molecular complexity index is 909. The summed E-state index contributed by atoms with van der Waals surface area (Å²) in [5.74, 6) is 0.473. The quantitative estimate of drug-likeness (QED) is 0.735. The van der Waals surface area contributed by atoms with Gasteiger partial charge in [-0.25, -0.2) is 4.79 Å². The molecule has 3 heterocycles. The van der Waals surface area contributed by atoms with Crippen LogP contribution in [0, 0.1) is 11.8 Å².